The summed E-state index contributed by atoms with van der Waals surface area (Å²) in [6.07, 6.45) is 2.22. The van der Waals surface area contributed by atoms with Crippen molar-refractivity contribution in [3.63, 3.8) is 0 Å². The molecule has 22 heavy (non-hydrogen) atoms. The van der Waals surface area contributed by atoms with Gasteiger partial charge in [-0.25, -0.2) is 0 Å². The third-order valence-corrected chi connectivity index (χ3v) is 5.78. The average molecular weight is 311 g/mol. The molecule has 6 nitrogen and oxygen atoms in total. The Morgan fingerprint density at radius 2 is 1.68 bits per heavy atom. The van der Waals surface area contributed by atoms with E-state index in [9.17, 15) is 15.0 Å². The second-order valence-electron chi connectivity index (χ2n) is 7.32. The largest absolute Gasteiger partial charge is 0.390 e. The van der Waals surface area contributed by atoms with Gasteiger partial charge in [0.2, 0.25) is 5.91 Å². The maximum atomic E-state index is 12.5. The van der Waals surface area contributed by atoms with Crippen molar-refractivity contribution in [2.75, 3.05) is 39.8 Å². The van der Waals surface area contributed by atoms with E-state index in [4.69, 9.17) is 0 Å². The average Bonchev–Trinajstić information content (AvgIpc) is 2.91. The normalized spacial score (nSPS) is 36.6. The van der Waals surface area contributed by atoms with Crippen LogP contribution < -0.4 is 5.32 Å². The summed E-state index contributed by atoms with van der Waals surface area (Å²) < 4.78 is 0. The van der Waals surface area contributed by atoms with E-state index in [1.807, 2.05) is 11.9 Å². The van der Waals surface area contributed by atoms with E-state index in [0.717, 1.165) is 39.0 Å². The van der Waals surface area contributed by atoms with Gasteiger partial charge in [0.25, 0.3) is 0 Å². The molecule has 126 valence electrons. The van der Waals surface area contributed by atoms with Crippen LogP contribution in [-0.4, -0.2) is 83.9 Å². The van der Waals surface area contributed by atoms with E-state index in [-0.39, 0.29) is 5.91 Å². The standard InChI is InChI=1S/C16H29N3O3/c1-18(13-2-4-17-5-3-13)10-16(22)19-8-11-6-14(20)15(21)7-12(11)9-19/h11-15,17,20-21H,2-10H2,1H3. The Labute approximate surface area is 132 Å². The number of likely N-dealkylation sites (N-methyl/N-ethyl adjacent to an activating group) is 1. The highest BCUT2D eigenvalue weighted by molar-refractivity contribution is 5.78. The van der Waals surface area contributed by atoms with Crippen LogP contribution in [0.1, 0.15) is 25.7 Å². The maximum Gasteiger partial charge on any atom is 0.236 e. The van der Waals surface area contributed by atoms with Gasteiger partial charge in [0, 0.05) is 19.1 Å². The van der Waals surface area contributed by atoms with Crippen molar-refractivity contribution < 1.29 is 15.0 Å². The number of hydrogen-bond donors (Lipinski definition) is 3. The second-order valence-corrected chi connectivity index (χ2v) is 7.32. The summed E-state index contributed by atoms with van der Waals surface area (Å²) in [4.78, 5) is 16.7. The number of rotatable bonds is 3. The summed E-state index contributed by atoms with van der Waals surface area (Å²) in [6.45, 7) is 4.04. The molecule has 2 heterocycles. The van der Waals surface area contributed by atoms with E-state index in [1.165, 1.54) is 0 Å². The molecule has 0 radical (unpaired) electrons. The van der Waals surface area contributed by atoms with Crippen molar-refractivity contribution in [2.45, 2.75) is 43.9 Å². The lowest BCUT2D eigenvalue weighted by atomic mass is 9.79. The first kappa shape index (κ1) is 16.2. The van der Waals surface area contributed by atoms with Crippen LogP contribution in [0.4, 0.5) is 0 Å². The molecule has 1 amide bonds. The van der Waals surface area contributed by atoms with Crippen LogP contribution >= 0.6 is 0 Å². The van der Waals surface area contributed by atoms with Gasteiger partial charge in [-0.15, -0.1) is 0 Å². The molecule has 2 aliphatic heterocycles. The topological polar surface area (TPSA) is 76.0 Å². The van der Waals surface area contributed by atoms with E-state index in [1.54, 1.807) is 0 Å². The molecule has 3 fully saturated rings. The molecule has 6 heteroatoms. The number of carbonyl (C=O) groups excluding carboxylic acids is 1. The van der Waals surface area contributed by atoms with Crippen LogP contribution in [0.3, 0.4) is 0 Å². The van der Waals surface area contributed by atoms with Crippen LogP contribution in [0.15, 0.2) is 0 Å². The second kappa shape index (κ2) is 6.83. The van der Waals surface area contributed by atoms with Crippen LogP contribution in [0, 0.1) is 11.8 Å². The lowest BCUT2D eigenvalue weighted by molar-refractivity contribution is -0.132. The number of piperidine rings is 1. The summed E-state index contributed by atoms with van der Waals surface area (Å²) in [5.41, 5.74) is 0. The smallest absolute Gasteiger partial charge is 0.236 e. The highest BCUT2D eigenvalue weighted by Crippen LogP contribution is 2.36. The minimum Gasteiger partial charge on any atom is -0.390 e. The number of nitrogens with one attached hydrogen (secondary N) is 1. The number of likely N-dealkylation sites (tertiary alicyclic amines) is 1. The number of carbonyl (C=O) groups is 1. The predicted octanol–water partition coefficient (Wildman–Crippen LogP) is -0.740. The molecule has 3 N–H and O–H groups in total. The van der Waals surface area contributed by atoms with Gasteiger partial charge in [-0.1, -0.05) is 0 Å². The third-order valence-electron chi connectivity index (χ3n) is 5.78. The number of nitrogens with zero attached hydrogens (tertiary/aromatic N) is 2. The van der Waals surface area contributed by atoms with Crippen molar-refractivity contribution in [1.29, 1.82) is 0 Å². The molecule has 0 aromatic rings. The Bertz CT molecular complexity index is 382. The van der Waals surface area contributed by atoms with E-state index in [0.29, 0.717) is 37.3 Å². The molecule has 0 aromatic heterocycles. The van der Waals surface area contributed by atoms with E-state index in [2.05, 4.69) is 10.2 Å². The van der Waals surface area contributed by atoms with Crippen LogP contribution in [-0.2, 0) is 4.79 Å². The van der Waals surface area contributed by atoms with Crippen LogP contribution in [0.5, 0.6) is 0 Å². The first-order valence-electron chi connectivity index (χ1n) is 8.59. The quantitative estimate of drug-likeness (QED) is 0.640. The van der Waals surface area contributed by atoms with Crippen molar-refractivity contribution in [3.05, 3.63) is 0 Å². The number of amides is 1. The van der Waals surface area contributed by atoms with Crippen molar-refractivity contribution in [1.82, 2.24) is 15.1 Å². The zero-order valence-electron chi connectivity index (χ0n) is 13.4. The summed E-state index contributed by atoms with van der Waals surface area (Å²) in [7, 11) is 2.05. The summed E-state index contributed by atoms with van der Waals surface area (Å²) >= 11 is 0. The summed E-state index contributed by atoms with van der Waals surface area (Å²) in [5.74, 6) is 0.900. The SMILES string of the molecule is CN(CC(=O)N1CC2CC(O)C(O)CC2C1)C1CCNCC1. The number of aliphatic hydroxyl groups excluding tert-OH is 2. The van der Waals surface area contributed by atoms with Gasteiger partial charge in [0.1, 0.15) is 0 Å². The molecular formula is C16H29N3O3. The Kier molecular flexibility index (Phi) is 5.02. The Balaban J connectivity index is 1.51. The Hall–Kier alpha value is -0.690. The first-order chi connectivity index (χ1) is 10.5. The van der Waals surface area contributed by atoms with Crippen molar-refractivity contribution >= 4 is 5.91 Å². The molecule has 1 saturated carbocycles. The van der Waals surface area contributed by atoms with Gasteiger partial charge in [0.05, 0.1) is 18.8 Å². The van der Waals surface area contributed by atoms with Gasteiger partial charge in [-0.3, -0.25) is 9.69 Å². The predicted molar refractivity (Wildman–Crippen MR) is 83.3 cm³/mol. The lowest BCUT2D eigenvalue weighted by Gasteiger charge is -2.32. The Morgan fingerprint density at radius 3 is 2.23 bits per heavy atom. The van der Waals surface area contributed by atoms with Crippen LogP contribution in [0.25, 0.3) is 0 Å². The molecule has 4 atom stereocenters. The molecule has 0 spiro atoms. The number of aliphatic hydroxyl groups is 2. The monoisotopic (exact) mass is 311 g/mol. The zero-order chi connectivity index (χ0) is 15.7. The van der Waals surface area contributed by atoms with Gasteiger partial charge in [0.15, 0.2) is 0 Å². The third kappa shape index (κ3) is 3.45. The van der Waals surface area contributed by atoms with Gasteiger partial charge < -0.3 is 20.4 Å². The van der Waals surface area contributed by atoms with E-state index >= 15 is 0 Å². The van der Waals surface area contributed by atoms with Gasteiger partial charge >= 0.3 is 0 Å². The molecule has 3 rings (SSSR count). The molecule has 0 aromatic carbocycles. The molecular weight excluding hydrogens is 282 g/mol. The highest BCUT2D eigenvalue weighted by Gasteiger charge is 2.42. The fraction of sp³-hybridized carbons (Fsp3) is 0.938. The number of hydrogen-bond acceptors (Lipinski definition) is 5. The van der Waals surface area contributed by atoms with Crippen molar-refractivity contribution in [2.24, 2.45) is 11.8 Å². The highest BCUT2D eigenvalue weighted by atomic mass is 16.3. The zero-order valence-corrected chi connectivity index (χ0v) is 13.4. The molecule has 2 saturated heterocycles. The molecule has 1 aliphatic carbocycles. The maximum absolute atomic E-state index is 12.5. The van der Waals surface area contributed by atoms with Crippen molar-refractivity contribution in [3.8, 4) is 0 Å². The fourth-order valence-corrected chi connectivity index (χ4v) is 4.30. The van der Waals surface area contributed by atoms with Gasteiger partial charge in [-0.2, -0.15) is 0 Å². The summed E-state index contributed by atoms with van der Waals surface area (Å²) in [6, 6.07) is 0.499. The molecule has 0 bridgehead atoms. The molecule has 4 unspecified atom stereocenters. The Morgan fingerprint density at radius 1 is 1.14 bits per heavy atom. The number of fused-ring (bicyclic) bond motifs is 1. The lowest BCUT2D eigenvalue weighted by Crippen LogP contribution is -2.46. The van der Waals surface area contributed by atoms with E-state index < -0.39 is 12.2 Å². The molecule has 3 aliphatic rings. The minimum atomic E-state index is -0.617. The van der Waals surface area contributed by atoms with Crippen LogP contribution in [0.2, 0.25) is 0 Å². The summed E-state index contributed by atoms with van der Waals surface area (Å²) in [5, 5.41) is 22.9. The fourth-order valence-electron chi connectivity index (χ4n) is 4.30. The van der Waals surface area contributed by atoms with Gasteiger partial charge in [-0.05, 0) is 57.7 Å². The first-order valence-corrected chi connectivity index (χ1v) is 8.59. The minimum absolute atomic E-state index is 0.194.